The van der Waals surface area contributed by atoms with Crippen LogP contribution in [0.15, 0.2) is 0 Å². The molecule has 0 aromatic rings. The molecule has 3 nitrogen and oxygen atoms in total. The van der Waals surface area contributed by atoms with Crippen LogP contribution in [0.4, 0.5) is 0 Å². The lowest BCUT2D eigenvalue weighted by atomic mass is 9.86. The van der Waals surface area contributed by atoms with Crippen molar-refractivity contribution in [1.82, 2.24) is 9.80 Å². The maximum Gasteiger partial charge on any atom is 0.149 e. The zero-order chi connectivity index (χ0) is 12.3. The van der Waals surface area contributed by atoms with Gasteiger partial charge in [-0.05, 0) is 26.8 Å². The van der Waals surface area contributed by atoms with Gasteiger partial charge in [0.15, 0.2) is 0 Å². The van der Waals surface area contributed by atoms with Crippen LogP contribution in [0, 0.1) is 5.92 Å². The lowest BCUT2D eigenvalue weighted by Crippen LogP contribution is -2.51. The molecule has 0 spiro atoms. The number of carbonyl (C=O) groups excluding carboxylic acids is 1. The summed E-state index contributed by atoms with van der Waals surface area (Å²) < 4.78 is 0. The third-order valence-corrected chi connectivity index (χ3v) is 4.48. The number of nitrogens with zero attached hydrogens (tertiary/aromatic N) is 2. The van der Waals surface area contributed by atoms with Crippen molar-refractivity contribution in [3.8, 4) is 0 Å². The van der Waals surface area contributed by atoms with E-state index in [1.54, 1.807) is 0 Å². The molecule has 1 atom stereocenters. The van der Waals surface area contributed by atoms with Crippen molar-refractivity contribution in [2.24, 2.45) is 5.92 Å². The summed E-state index contributed by atoms with van der Waals surface area (Å²) in [6, 6.07) is 0.586. The van der Waals surface area contributed by atoms with Crippen LogP contribution in [-0.2, 0) is 4.79 Å². The molecule has 1 saturated heterocycles. The van der Waals surface area contributed by atoms with Gasteiger partial charge < -0.3 is 4.90 Å². The van der Waals surface area contributed by atoms with E-state index in [0.717, 1.165) is 32.5 Å². The van der Waals surface area contributed by atoms with Gasteiger partial charge in [-0.15, -0.1) is 0 Å². The van der Waals surface area contributed by atoms with E-state index in [1.165, 1.54) is 19.3 Å². The van der Waals surface area contributed by atoms with E-state index in [0.29, 0.717) is 24.3 Å². The summed E-state index contributed by atoms with van der Waals surface area (Å²) in [5.41, 5.74) is 0. The molecule has 0 radical (unpaired) electrons. The molecule has 2 fully saturated rings. The number of rotatable bonds is 3. The SMILES string of the molecule is CC1CN(CC(=O)C2CCCCC2)CCN1C. The molecule has 1 aliphatic heterocycles. The minimum atomic E-state index is 0.374. The molecule has 0 bridgehead atoms. The summed E-state index contributed by atoms with van der Waals surface area (Å²) in [5.74, 6) is 0.875. The maximum atomic E-state index is 12.2. The fourth-order valence-corrected chi connectivity index (χ4v) is 3.04. The molecule has 0 amide bonds. The topological polar surface area (TPSA) is 23.6 Å². The zero-order valence-electron chi connectivity index (χ0n) is 11.3. The Labute approximate surface area is 105 Å². The van der Waals surface area contributed by atoms with Gasteiger partial charge in [-0.2, -0.15) is 0 Å². The van der Waals surface area contributed by atoms with Crippen LogP contribution in [0.3, 0.4) is 0 Å². The molecular formula is C14H26N2O. The number of piperazine rings is 1. The van der Waals surface area contributed by atoms with Gasteiger partial charge in [0.05, 0.1) is 6.54 Å². The van der Waals surface area contributed by atoms with Gasteiger partial charge in [-0.1, -0.05) is 19.3 Å². The number of hydrogen-bond acceptors (Lipinski definition) is 3. The monoisotopic (exact) mass is 238 g/mol. The van der Waals surface area contributed by atoms with E-state index in [1.807, 2.05) is 0 Å². The van der Waals surface area contributed by atoms with Gasteiger partial charge in [0.25, 0.3) is 0 Å². The highest BCUT2D eigenvalue weighted by molar-refractivity contribution is 5.83. The highest BCUT2D eigenvalue weighted by atomic mass is 16.1. The lowest BCUT2D eigenvalue weighted by Gasteiger charge is -2.38. The molecular weight excluding hydrogens is 212 g/mol. The molecule has 0 aromatic heterocycles. The van der Waals surface area contributed by atoms with Gasteiger partial charge in [0, 0.05) is 31.6 Å². The average Bonchev–Trinajstić information content (AvgIpc) is 2.35. The quantitative estimate of drug-likeness (QED) is 0.748. The zero-order valence-corrected chi connectivity index (χ0v) is 11.3. The van der Waals surface area contributed by atoms with Crippen LogP contribution >= 0.6 is 0 Å². The van der Waals surface area contributed by atoms with Crippen molar-refractivity contribution in [1.29, 1.82) is 0 Å². The normalized spacial score (nSPS) is 29.4. The second-order valence-electron chi connectivity index (χ2n) is 5.87. The van der Waals surface area contributed by atoms with Gasteiger partial charge in [-0.25, -0.2) is 0 Å². The van der Waals surface area contributed by atoms with Crippen molar-refractivity contribution in [3.63, 3.8) is 0 Å². The standard InChI is InChI=1S/C14H26N2O/c1-12-10-16(9-8-15(12)2)11-14(17)13-6-4-3-5-7-13/h12-13H,3-11H2,1-2H3. The van der Waals surface area contributed by atoms with Crippen molar-refractivity contribution >= 4 is 5.78 Å². The van der Waals surface area contributed by atoms with Crippen molar-refractivity contribution in [2.45, 2.75) is 45.1 Å². The average molecular weight is 238 g/mol. The molecule has 17 heavy (non-hydrogen) atoms. The Kier molecular flexibility index (Phi) is 4.57. The highest BCUT2D eigenvalue weighted by Crippen LogP contribution is 2.24. The van der Waals surface area contributed by atoms with Gasteiger partial charge in [0.1, 0.15) is 5.78 Å². The maximum absolute atomic E-state index is 12.2. The molecule has 1 aliphatic carbocycles. The van der Waals surface area contributed by atoms with Crippen LogP contribution in [0.1, 0.15) is 39.0 Å². The van der Waals surface area contributed by atoms with E-state index >= 15 is 0 Å². The van der Waals surface area contributed by atoms with E-state index in [9.17, 15) is 4.79 Å². The highest BCUT2D eigenvalue weighted by Gasteiger charge is 2.26. The molecule has 0 N–H and O–H groups in total. The predicted octanol–water partition coefficient (Wildman–Crippen LogP) is 1.77. The molecule has 2 aliphatic rings. The van der Waals surface area contributed by atoms with E-state index < -0.39 is 0 Å². The Morgan fingerprint density at radius 3 is 2.53 bits per heavy atom. The van der Waals surface area contributed by atoms with Crippen LogP contribution in [0.2, 0.25) is 0 Å². The van der Waals surface area contributed by atoms with E-state index in [-0.39, 0.29) is 0 Å². The minimum absolute atomic E-state index is 0.374. The molecule has 1 saturated carbocycles. The lowest BCUT2D eigenvalue weighted by molar-refractivity contribution is -0.125. The van der Waals surface area contributed by atoms with Gasteiger partial charge >= 0.3 is 0 Å². The van der Waals surface area contributed by atoms with E-state index in [4.69, 9.17) is 0 Å². The summed E-state index contributed by atoms with van der Waals surface area (Å²) in [6.45, 7) is 6.15. The first-order valence-electron chi connectivity index (χ1n) is 7.12. The third-order valence-electron chi connectivity index (χ3n) is 4.48. The number of Topliss-reactive ketones (excluding diaryl/α,β-unsaturated/α-hetero) is 1. The smallest absolute Gasteiger partial charge is 0.149 e. The Morgan fingerprint density at radius 1 is 1.18 bits per heavy atom. The van der Waals surface area contributed by atoms with Crippen LogP contribution in [0.25, 0.3) is 0 Å². The number of likely N-dealkylation sites (N-methyl/N-ethyl adjacent to an activating group) is 1. The first kappa shape index (κ1) is 13.0. The van der Waals surface area contributed by atoms with Crippen molar-refractivity contribution in [3.05, 3.63) is 0 Å². The molecule has 3 heteroatoms. The molecule has 1 unspecified atom stereocenters. The summed E-state index contributed by atoms with van der Waals surface area (Å²) in [6.07, 6.45) is 6.13. The summed E-state index contributed by atoms with van der Waals surface area (Å²) in [4.78, 5) is 16.9. The van der Waals surface area contributed by atoms with Crippen LogP contribution in [0.5, 0.6) is 0 Å². The van der Waals surface area contributed by atoms with Crippen molar-refractivity contribution < 1.29 is 4.79 Å². The number of carbonyl (C=O) groups is 1. The van der Waals surface area contributed by atoms with Gasteiger partial charge in [-0.3, -0.25) is 9.69 Å². The summed E-state index contributed by atoms with van der Waals surface area (Å²) in [5, 5.41) is 0. The second kappa shape index (κ2) is 5.96. The number of hydrogen-bond donors (Lipinski definition) is 0. The van der Waals surface area contributed by atoms with Gasteiger partial charge in [0.2, 0.25) is 0 Å². The summed E-state index contributed by atoms with van der Waals surface area (Å²) in [7, 11) is 2.17. The van der Waals surface area contributed by atoms with E-state index in [2.05, 4.69) is 23.8 Å². The molecule has 1 heterocycles. The molecule has 0 aromatic carbocycles. The minimum Gasteiger partial charge on any atom is -0.301 e. The summed E-state index contributed by atoms with van der Waals surface area (Å²) >= 11 is 0. The van der Waals surface area contributed by atoms with Crippen LogP contribution < -0.4 is 0 Å². The first-order valence-corrected chi connectivity index (χ1v) is 7.12. The molecule has 98 valence electrons. The number of ketones is 1. The van der Waals surface area contributed by atoms with Crippen molar-refractivity contribution in [2.75, 3.05) is 33.2 Å². The fourth-order valence-electron chi connectivity index (χ4n) is 3.04. The molecule has 2 rings (SSSR count). The first-order chi connectivity index (χ1) is 8.16. The fraction of sp³-hybridized carbons (Fsp3) is 0.929. The third kappa shape index (κ3) is 3.52. The van der Waals surface area contributed by atoms with Crippen LogP contribution in [-0.4, -0.2) is 54.9 Å². The predicted molar refractivity (Wildman–Crippen MR) is 70.1 cm³/mol. The Bertz CT molecular complexity index is 261. The second-order valence-corrected chi connectivity index (χ2v) is 5.87. The Balaban J connectivity index is 1.78. The Hall–Kier alpha value is -0.410. The largest absolute Gasteiger partial charge is 0.301 e. The Morgan fingerprint density at radius 2 is 1.88 bits per heavy atom.